The van der Waals surface area contributed by atoms with Crippen molar-refractivity contribution in [1.82, 2.24) is 10.1 Å². The maximum atomic E-state index is 5.17. The minimum Gasteiger partial charge on any atom is -0.381 e. The van der Waals surface area contributed by atoms with Gasteiger partial charge >= 0.3 is 0 Å². The van der Waals surface area contributed by atoms with Crippen molar-refractivity contribution in [3.63, 3.8) is 0 Å². The van der Waals surface area contributed by atoms with Gasteiger partial charge in [0.25, 0.3) is 0 Å². The third-order valence-electron chi connectivity index (χ3n) is 1.71. The van der Waals surface area contributed by atoms with Crippen LogP contribution < -0.4 is 5.73 Å². The Bertz CT molecular complexity index is 463. The van der Waals surface area contributed by atoms with E-state index in [9.17, 15) is 0 Å². The van der Waals surface area contributed by atoms with Gasteiger partial charge in [0, 0.05) is 12.3 Å². The van der Waals surface area contributed by atoms with Crippen LogP contribution in [0.2, 0.25) is 0 Å². The van der Waals surface area contributed by atoms with Crippen molar-refractivity contribution in [2.75, 3.05) is 5.73 Å². The molecule has 0 saturated heterocycles. The first kappa shape index (κ1) is 11.8. The summed E-state index contributed by atoms with van der Waals surface area (Å²) in [5.41, 5.74) is 7.00. The quantitative estimate of drug-likeness (QED) is 0.682. The number of nitrogens with two attached hydrogens (primary N) is 1. The molecule has 2 N–H and O–H groups in total. The van der Waals surface area contributed by atoms with Crippen molar-refractivity contribution in [3.8, 4) is 12.3 Å². The van der Waals surface area contributed by atoms with Crippen LogP contribution in [0.15, 0.2) is 28.9 Å². The summed E-state index contributed by atoms with van der Waals surface area (Å²) in [5, 5.41) is 3.42. The number of anilines is 1. The number of aryl methyl sites for hydroxylation is 2. The van der Waals surface area contributed by atoms with Crippen LogP contribution in [-0.2, 0) is 0 Å². The third-order valence-corrected chi connectivity index (χ3v) is 1.71. The first-order valence-electron chi connectivity index (χ1n) is 4.70. The van der Waals surface area contributed by atoms with E-state index in [-0.39, 0.29) is 0 Å². The zero-order valence-electron chi connectivity index (χ0n) is 9.27. The molecule has 0 aliphatic carbocycles. The molecule has 0 aliphatic heterocycles. The van der Waals surface area contributed by atoms with Gasteiger partial charge in [-0.3, -0.25) is 0 Å². The maximum absolute atomic E-state index is 5.17. The lowest BCUT2D eigenvalue weighted by Gasteiger charge is -1.88. The van der Waals surface area contributed by atoms with E-state index < -0.39 is 0 Å². The van der Waals surface area contributed by atoms with Crippen LogP contribution >= 0.6 is 0 Å². The molecule has 2 aromatic rings. The number of pyridine rings is 1. The molecule has 2 aromatic heterocycles. The molecule has 4 nitrogen and oxygen atoms in total. The van der Waals surface area contributed by atoms with Gasteiger partial charge in [0.05, 0.1) is 0 Å². The summed E-state index contributed by atoms with van der Waals surface area (Å²) in [6.07, 6.45) is 6.85. The van der Waals surface area contributed by atoms with Gasteiger partial charge in [-0.05, 0) is 25.5 Å². The molecule has 0 aliphatic rings. The normalized spacial score (nSPS) is 8.81. The van der Waals surface area contributed by atoms with Crippen molar-refractivity contribution in [1.29, 1.82) is 0 Å². The lowest BCUT2D eigenvalue weighted by molar-refractivity contribution is 0.400. The van der Waals surface area contributed by atoms with E-state index in [0.29, 0.717) is 11.5 Å². The molecule has 0 radical (unpaired) electrons. The minimum absolute atomic E-state index is 0.442. The molecule has 0 bridgehead atoms. The summed E-state index contributed by atoms with van der Waals surface area (Å²) in [4.78, 5) is 3.96. The summed E-state index contributed by atoms with van der Waals surface area (Å²) in [5.74, 6) is 3.63. The summed E-state index contributed by atoms with van der Waals surface area (Å²) in [6, 6.07) is 5.44. The first-order valence-corrected chi connectivity index (χ1v) is 4.70. The topological polar surface area (TPSA) is 64.9 Å². The number of rotatable bonds is 0. The Hall–Kier alpha value is -2.28. The molecule has 0 amide bonds. The van der Waals surface area contributed by atoms with E-state index in [2.05, 4.69) is 20.6 Å². The maximum Gasteiger partial charge on any atom is 0.167 e. The Labute approximate surface area is 94.5 Å². The Morgan fingerprint density at radius 2 is 2.12 bits per heavy atom. The van der Waals surface area contributed by atoms with Gasteiger partial charge in [-0.2, -0.15) is 0 Å². The van der Waals surface area contributed by atoms with E-state index in [1.54, 1.807) is 19.2 Å². The molecular formula is C12H13N3O. The second kappa shape index (κ2) is 5.56. The van der Waals surface area contributed by atoms with Crippen molar-refractivity contribution in [3.05, 3.63) is 41.4 Å². The Morgan fingerprint density at radius 3 is 2.44 bits per heavy atom. The summed E-state index contributed by atoms with van der Waals surface area (Å²) in [6.45, 7) is 3.77. The van der Waals surface area contributed by atoms with Crippen LogP contribution in [0.4, 0.5) is 5.82 Å². The molecular weight excluding hydrogens is 202 g/mol. The van der Waals surface area contributed by atoms with Gasteiger partial charge in [0.1, 0.15) is 11.5 Å². The van der Waals surface area contributed by atoms with Crippen LogP contribution in [0.5, 0.6) is 0 Å². The van der Waals surface area contributed by atoms with E-state index in [0.717, 1.165) is 11.3 Å². The highest BCUT2D eigenvalue weighted by molar-refractivity contribution is 5.26. The fraction of sp³-hybridized carbons (Fsp3) is 0.167. The van der Waals surface area contributed by atoms with Crippen molar-refractivity contribution in [2.45, 2.75) is 13.8 Å². The van der Waals surface area contributed by atoms with Crippen molar-refractivity contribution >= 4 is 5.82 Å². The first-order chi connectivity index (χ1) is 7.61. The zero-order chi connectivity index (χ0) is 12.0. The van der Waals surface area contributed by atoms with E-state index in [4.69, 9.17) is 12.2 Å². The van der Waals surface area contributed by atoms with Gasteiger partial charge < -0.3 is 10.3 Å². The summed E-state index contributed by atoms with van der Waals surface area (Å²) < 4.78 is 4.59. The second-order valence-corrected chi connectivity index (χ2v) is 3.23. The van der Waals surface area contributed by atoms with Gasteiger partial charge in [-0.1, -0.05) is 17.1 Å². The second-order valence-electron chi connectivity index (χ2n) is 3.23. The molecule has 2 rings (SSSR count). The molecule has 0 spiro atoms. The van der Waals surface area contributed by atoms with Gasteiger partial charge in [0.2, 0.25) is 0 Å². The van der Waals surface area contributed by atoms with Crippen molar-refractivity contribution < 1.29 is 4.52 Å². The lowest BCUT2D eigenvalue weighted by atomic mass is 10.3. The monoisotopic (exact) mass is 215 g/mol. The van der Waals surface area contributed by atoms with Crippen molar-refractivity contribution in [2.24, 2.45) is 0 Å². The van der Waals surface area contributed by atoms with Crippen LogP contribution in [0.25, 0.3) is 0 Å². The Balaban J connectivity index is 0.000000165. The van der Waals surface area contributed by atoms with E-state index in [1.165, 1.54) is 0 Å². The zero-order valence-corrected chi connectivity index (χ0v) is 9.27. The molecule has 4 heteroatoms. The number of nitrogens with zero attached hydrogens (tertiary/aromatic N) is 2. The van der Waals surface area contributed by atoms with Crippen LogP contribution in [0, 0.1) is 26.2 Å². The molecule has 16 heavy (non-hydrogen) atoms. The van der Waals surface area contributed by atoms with Crippen LogP contribution in [0.3, 0.4) is 0 Å². The minimum atomic E-state index is 0.442. The number of nitrogen functional groups attached to an aromatic ring is 1. The fourth-order valence-corrected chi connectivity index (χ4v) is 0.939. The highest BCUT2D eigenvalue weighted by Gasteiger charge is 1.89. The lowest BCUT2D eigenvalue weighted by Crippen LogP contribution is -1.80. The average molecular weight is 215 g/mol. The number of aromatic nitrogens is 2. The van der Waals surface area contributed by atoms with Crippen LogP contribution in [0.1, 0.15) is 17.0 Å². The Morgan fingerprint density at radius 1 is 1.38 bits per heavy atom. The molecule has 0 atom stereocenters. The summed E-state index contributed by atoms with van der Waals surface area (Å²) in [7, 11) is 0. The van der Waals surface area contributed by atoms with Crippen LogP contribution in [-0.4, -0.2) is 10.1 Å². The molecule has 2 heterocycles. The standard InChI is InChI=1S/C8H7N.C4H6N2O/c1-3-8-5-4-7(2)6-9-8;1-3-2-4(5)6-7-3/h1,4-6H,2H3;2H,1H3,(H2,5,6). The molecule has 82 valence electrons. The number of terminal acetylenes is 1. The molecule has 0 unspecified atom stereocenters. The fourth-order valence-electron chi connectivity index (χ4n) is 0.939. The predicted octanol–water partition coefficient (Wildman–Crippen LogP) is 1.94. The van der Waals surface area contributed by atoms with E-state index >= 15 is 0 Å². The highest BCUT2D eigenvalue weighted by Crippen LogP contribution is 2.00. The average Bonchev–Trinajstić information content (AvgIpc) is 2.65. The molecule has 0 fully saturated rings. The number of hydrogen-bond acceptors (Lipinski definition) is 4. The van der Waals surface area contributed by atoms with Gasteiger partial charge in [-0.25, -0.2) is 4.98 Å². The van der Waals surface area contributed by atoms with Gasteiger partial charge in [0.15, 0.2) is 5.82 Å². The summed E-state index contributed by atoms with van der Waals surface area (Å²) >= 11 is 0. The van der Waals surface area contributed by atoms with E-state index in [1.807, 2.05) is 19.1 Å². The van der Waals surface area contributed by atoms with Gasteiger partial charge in [-0.15, -0.1) is 6.42 Å². The molecule has 0 aromatic carbocycles. The predicted molar refractivity (Wildman–Crippen MR) is 62.6 cm³/mol. The smallest absolute Gasteiger partial charge is 0.167 e. The molecule has 0 saturated carbocycles. The highest BCUT2D eigenvalue weighted by atomic mass is 16.5. The third kappa shape index (κ3) is 3.84. The largest absolute Gasteiger partial charge is 0.381 e. The Kier molecular flexibility index (Phi) is 4.10. The number of hydrogen-bond donors (Lipinski definition) is 1. The SMILES string of the molecule is C#Cc1ccc(C)cn1.Cc1cc(N)no1.